The Bertz CT molecular complexity index is 782. The van der Waals surface area contributed by atoms with Crippen LogP contribution in [0, 0.1) is 5.41 Å². The molecule has 0 fully saturated rings. The van der Waals surface area contributed by atoms with E-state index in [9.17, 15) is 4.79 Å². The summed E-state index contributed by atoms with van der Waals surface area (Å²) in [6.07, 6.45) is 0.0252. The number of amides is 1. The highest BCUT2D eigenvalue weighted by Gasteiger charge is 2.19. The van der Waals surface area contributed by atoms with Crippen molar-refractivity contribution in [2.24, 2.45) is 0 Å². The van der Waals surface area contributed by atoms with Gasteiger partial charge in [0, 0.05) is 16.1 Å². The van der Waals surface area contributed by atoms with Crippen molar-refractivity contribution in [1.29, 1.82) is 5.41 Å². The molecule has 26 heavy (non-hydrogen) atoms. The van der Waals surface area contributed by atoms with Gasteiger partial charge in [0.15, 0.2) is 0 Å². The first-order valence-corrected chi connectivity index (χ1v) is 8.95. The van der Waals surface area contributed by atoms with Crippen LogP contribution in [0.25, 0.3) is 0 Å². The third-order valence-electron chi connectivity index (χ3n) is 3.62. The number of hydrogen-bond donors (Lipinski definition) is 2. The second-order valence-electron chi connectivity index (χ2n) is 7.22. The van der Waals surface area contributed by atoms with Crippen molar-refractivity contribution in [3.63, 3.8) is 0 Å². The van der Waals surface area contributed by atoms with Crippen molar-refractivity contribution in [2.75, 3.05) is 5.32 Å². The van der Waals surface area contributed by atoms with Crippen molar-refractivity contribution in [1.82, 2.24) is 0 Å². The molecule has 0 radical (unpaired) electrons. The van der Waals surface area contributed by atoms with Crippen molar-refractivity contribution in [2.45, 2.75) is 45.8 Å². The van der Waals surface area contributed by atoms with Gasteiger partial charge in [-0.15, -0.1) is 0 Å². The van der Waals surface area contributed by atoms with Crippen LogP contribution in [0.3, 0.4) is 0 Å². The fraction of sp³-hybridized carbons (Fsp3) is 0.333. The molecular weight excluding hydrogens is 348 g/mol. The zero-order valence-corrected chi connectivity index (χ0v) is 16.4. The minimum atomic E-state index is -0.305. The van der Waals surface area contributed by atoms with E-state index in [4.69, 9.17) is 21.7 Å². The Morgan fingerprint density at radius 1 is 1.19 bits per heavy atom. The number of carbonyl (C=O) groups is 1. The fourth-order valence-corrected chi connectivity index (χ4v) is 2.87. The molecule has 0 saturated carbocycles. The molecule has 0 aliphatic carbocycles. The highest BCUT2D eigenvalue weighted by molar-refractivity contribution is 6.31. The summed E-state index contributed by atoms with van der Waals surface area (Å²) in [5.74, 6) is -0.161. The Balaban J connectivity index is 2.17. The average Bonchev–Trinajstić information content (AvgIpc) is 2.54. The van der Waals surface area contributed by atoms with Gasteiger partial charge < -0.3 is 10.1 Å². The number of rotatable bonds is 6. The predicted molar refractivity (Wildman–Crippen MR) is 107 cm³/mol. The summed E-state index contributed by atoms with van der Waals surface area (Å²) in [4.78, 5) is 12.4. The third-order valence-corrected chi connectivity index (χ3v) is 3.85. The molecule has 0 heterocycles. The maximum atomic E-state index is 12.4. The minimum absolute atomic E-state index is 0.161. The van der Waals surface area contributed by atoms with E-state index in [-0.39, 0.29) is 24.0 Å². The summed E-state index contributed by atoms with van der Waals surface area (Å²) >= 11 is 6.11. The summed E-state index contributed by atoms with van der Waals surface area (Å²) in [6, 6.07) is 14.5. The number of carbonyl (C=O) groups excluding carboxylic acids is 1. The SMILES string of the molecule is CC(CC(=O)Nc1ccc(Cl)cc1C(=N)c1ccccc1)OC(C)(C)C. The predicted octanol–water partition coefficient (Wildman–Crippen LogP) is 5.29. The highest BCUT2D eigenvalue weighted by atomic mass is 35.5. The summed E-state index contributed by atoms with van der Waals surface area (Å²) in [7, 11) is 0. The van der Waals surface area contributed by atoms with E-state index < -0.39 is 0 Å². The number of halogens is 1. The Morgan fingerprint density at radius 3 is 2.46 bits per heavy atom. The van der Waals surface area contributed by atoms with Crippen molar-refractivity contribution < 1.29 is 9.53 Å². The molecule has 0 aliphatic heterocycles. The van der Waals surface area contributed by atoms with Gasteiger partial charge in [0.1, 0.15) is 0 Å². The van der Waals surface area contributed by atoms with Gasteiger partial charge in [0.2, 0.25) is 5.91 Å². The van der Waals surface area contributed by atoms with Gasteiger partial charge in [-0.3, -0.25) is 10.2 Å². The second-order valence-corrected chi connectivity index (χ2v) is 7.66. The van der Waals surface area contributed by atoms with E-state index in [1.807, 2.05) is 58.0 Å². The maximum absolute atomic E-state index is 12.4. The molecule has 1 atom stereocenters. The number of ether oxygens (including phenoxy) is 1. The largest absolute Gasteiger partial charge is 0.372 e. The molecule has 1 unspecified atom stereocenters. The molecule has 2 aromatic rings. The minimum Gasteiger partial charge on any atom is -0.372 e. The van der Waals surface area contributed by atoms with Crippen molar-refractivity contribution >= 4 is 28.9 Å². The van der Waals surface area contributed by atoms with Crippen LogP contribution in [0.15, 0.2) is 48.5 Å². The molecule has 0 bridgehead atoms. The summed E-state index contributed by atoms with van der Waals surface area (Å²) in [5, 5.41) is 11.9. The van der Waals surface area contributed by atoms with Crippen LogP contribution in [0.4, 0.5) is 5.69 Å². The molecular formula is C21H25ClN2O2. The lowest BCUT2D eigenvalue weighted by molar-refractivity contribution is -0.121. The van der Waals surface area contributed by atoms with Crippen LogP contribution in [0.1, 0.15) is 45.2 Å². The van der Waals surface area contributed by atoms with Crippen molar-refractivity contribution in [3.8, 4) is 0 Å². The lowest BCUT2D eigenvalue weighted by Crippen LogP contribution is -2.29. The van der Waals surface area contributed by atoms with E-state index in [2.05, 4.69) is 5.32 Å². The Hall–Kier alpha value is -2.17. The van der Waals surface area contributed by atoms with Gasteiger partial charge in [-0.1, -0.05) is 41.9 Å². The average molecular weight is 373 g/mol. The van der Waals surface area contributed by atoms with Crippen LogP contribution < -0.4 is 5.32 Å². The van der Waals surface area contributed by atoms with Gasteiger partial charge in [-0.25, -0.2) is 0 Å². The van der Waals surface area contributed by atoms with Crippen LogP contribution in [-0.4, -0.2) is 23.3 Å². The third kappa shape index (κ3) is 5.97. The number of anilines is 1. The highest BCUT2D eigenvalue weighted by Crippen LogP contribution is 2.24. The van der Waals surface area contributed by atoms with Crippen LogP contribution in [0.2, 0.25) is 5.02 Å². The molecule has 4 nitrogen and oxygen atoms in total. The normalized spacial score (nSPS) is 12.5. The smallest absolute Gasteiger partial charge is 0.226 e. The zero-order valence-electron chi connectivity index (χ0n) is 15.6. The maximum Gasteiger partial charge on any atom is 0.226 e. The van der Waals surface area contributed by atoms with Crippen LogP contribution in [0.5, 0.6) is 0 Å². The van der Waals surface area contributed by atoms with E-state index >= 15 is 0 Å². The molecule has 5 heteroatoms. The van der Waals surface area contributed by atoms with Gasteiger partial charge in [0.25, 0.3) is 0 Å². The van der Waals surface area contributed by atoms with E-state index in [0.717, 1.165) is 5.56 Å². The topological polar surface area (TPSA) is 62.2 Å². The molecule has 138 valence electrons. The van der Waals surface area contributed by atoms with Gasteiger partial charge in [0.05, 0.1) is 29.5 Å². The first kappa shape index (κ1) is 20.1. The molecule has 2 rings (SSSR count). The van der Waals surface area contributed by atoms with Gasteiger partial charge >= 0.3 is 0 Å². The number of hydrogen-bond acceptors (Lipinski definition) is 3. The summed E-state index contributed by atoms with van der Waals surface area (Å²) in [5.41, 5.74) is 1.91. The molecule has 0 aliphatic rings. The second kappa shape index (κ2) is 8.47. The molecule has 2 aromatic carbocycles. The van der Waals surface area contributed by atoms with Gasteiger partial charge in [-0.05, 0) is 45.9 Å². The Morgan fingerprint density at radius 2 is 1.85 bits per heavy atom. The monoisotopic (exact) mass is 372 g/mol. The first-order valence-electron chi connectivity index (χ1n) is 8.57. The molecule has 0 aromatic heterocycles. The Labute approximate surface area is 160 Å². The standard InChI is InChI=1S/C21H25ClN2O2/c1-14(26-21(2,3)4)12-19(25)24-18-11-10-16(22)13-17(18)20(23)15-8-6-5-7-9-15/h5-11,13-14,23H,12H2,1-4H3,(H,24,25). The molecule has 2 N–H and O–H groups in total. The lowest BCUT2D eigenvalue weighted by Gasteiger charge is -2.24. The van der Waals surface area contributed by atoms with E-state index in [1.54, 1.807) is 18.2 Å². The van der Waals surface area contributed by atoms with Crippen LogP contribution in [-0.2, 0) is 9.53 Å². The van der Waals surface area contributed by atoms with E-state index in [0.29, 0.717) is 22.0 Å². The molecule has 0 saturated heterocycles. The van der Waals surface area contributed by atoms with Gasteiger partial charge in [-0.2, -0.15) is 0 Å². The van der Waals surface area contributed by atoms with Crippen LogP contribution >= 0.6 is 11.6 Å². The lowest BCUT2D eigenvalue weighted by atomic mass is 10.0. The number of nitrogens with one attached hydrogen (secondary N) is 2. The fourth-order valence-electron chi connectivity index (χ4n) is 2.70. The number of benzene rings is 2. The molecule has 0 spiro atoms. The summed E-state index contributed by atoms with van der Waals surface area (Å²) < 4.78 is 5.79. The Kier molecular flexibility index (Phi) is 6.57. The summed E-state index contributed by atoms with van der Waals surface area (Å²) in [6.45, 7) is 7.75. The van der Waals surface area contributed by atoms with E-state index in [1.165, 1.54) is 0 Å². The quantitative estimate of drug-likeness (QED) is 0.677. The zero-order chi connectivity index (χ0) is 19.3. The molecule has 1 amide bonds. The van der Waals surface area contributed by atoms with Crippen molar-refractivity contribution in [3.05, 3.63) is 64.7 Å². The first-order chi connectivity index (χ1) is 12.2.